The molecule has 0 bridgehead atoms. The zero-order chi connectivity index (χ0) is 9.23. The van der Waals surface area contributed by atoms with E-state index in [1.807, 2.05) is 0 Å². The van der Waals surface area contributed by atoms with E-state index in [9.17, 15) is 4.79 Å². The zero-order valence-corrected chi connectivity index (χ0v) is 6.64. The Balaban J connectivity index is 3.00. The second-order valence-electron chi connectivity index (χ2n) is 2.12. The SMILES string of the molecule is [N-]=[N+]=NCOCCCCC(=O)O. The summed E-state index contributed by atoms with van der Waals surface area (Å²) in [5.74, 6) is -0.801. The molecule has 0 aliphatic heterocycles. The molecule has 68 valence electrons. The molecule has 0 heterocycles. The van der Waals surface area contributed by atoms with E-state index in [2.05, 4.69) is 10.0 Å². The summed E-state index contributed by atoms with van der Waals surface area (Å²) in [6.45, 7) is 0.454. The third-order valence-corrected chi connectivity index (χ3v) is 1.14. The van der Waals surface area contributed by atoms with Crippen LogP contribution in [0, 0.1) is 0 Å². The van der Waals surface area contributed by atoms with Gasteiger partial charge in [-0.15, -0.1) is 0 Å². The Kier molecular flexibility index (Phi) is 7.02. The molecule has 12 heavy (non-hydrogen) atoms. The van der Waals surface area contributed by atoms with Gasteiger partial charge in [-0.25, -0.2) is 0 Å². The first-order chi connectivity index (χ1) is 5.77. The Bertz CT molecular complexity index is 171. The summed E-state index contributed by atoms with van der Waals surface area (Å²) in [7, 11) is 0. The molecule has 0 atom stereocenters. The maximum absolute atomic E-state index is 10.0. The number of azide groups is 1. The standard InChI is InChI=1S/C6H11N3O3/c7-9-8-5-12-4-2-1-3-6(10)11/h1-5H2,(H,10,11). The number of rotatable bonds is 7. The van der Waals surface area contributed by atoms with E-state index < -0.39 is 5.97 Å². The average molecular weight is 173 g/mol. The predicted octanol–water partition coefficient (Wildman–Crippen LogP) is 1.53. The number of carboxylic acids is 1. The molecule has 1 N–H and O–H groups in total. The third-order valence-electron chi connectivity index (χ3n) is 1.14. The maximum Gasteiger partial charge on any atom is 0.303 e. The number of aliphatic carboxylic acids is 1. The van der Waals surface area contributed by atoms with Crippen molar-refractivity contribution in [3.63, 3.8) is 0 Å². The Hall–Kier alpha value is -1.26. The molecule has 0 saturated heterocycles. The van der Waals surface area contributed by atoms with Gasteiger partial charge in [0.2, 0.25) is 0 Å². The molecule has 0 aromatic rings. The van der Waals surface area contributed by atoms with E-state index in [1.165, 1.54) is 0 Å². The molecule has 0 aliphatic carbocycles. The van der Waals surface area contributed by atoms with E-state index in [-0.39, 0.29) is 13.2 Å². The number of nitrogens with zero attached hydrogens (tertiary/aromatic N) is 3. The van der Waals surface area contributed by atoms with Crippen molar-refractivity contribution < 1.29 is 14.6 Å². The van der Waals surface area contributed by atoms with Crippen molar-refractivity contribution in [1.29, 1.82) is 0 Å². The number of unbranched alkanes of at least 4 members (excludes halogenated alkanes) is 1. The summed E-state index contributed by atoms with van der Waals surface area (Å²) >= 11 is 0. The number of hydrogen-bond donors (Lipinski definition) is 1. The van der Waals surface area contributed by atoms with Gasteiger partial charge in [-0.05, 0) is 18.4 Å². The highest BCUT2D eigenvalue weighted by atomic mass is 16.5. The first-order valence-corrected chi connectivity index (χ1v) is 3.57. The molecular formula is C6H11N3O3. The van der Waals surface area contributed by atoms with Crippen molar-refractivity contribution in [2.45, 2.75) is 19.3 Å². The van der Waals surface area contributed by atoms with Gasteiger partial charge in [0, 0.05) is 17.9 Å². The van der Waals surface area contributed by atoms with E-state index >= 15 is 0 Å². The van der Waals surface area contributed by atoms with Crippen LogP contribution in [0.15, 0.2) is 5.11 Å². The van der Waals surface area contributed by atoms with Crippen LogP contribution in [-0.2, 0) is 9.53 Å². The van der Waals surface area contributed by atoms with Crippen molar-refractivity contribution in [1.82, 2.24) is 0 Å². The molecule has 0 saturated carbocycles. The molecule has 0 aromatic carbocycles. The minimum atomic E-state index is -0.801. The van der Waals surface area contributed by atoms with E-state index in [0.29, 0.717) is 19.4 Å². The average Bonchev–Trinajstić information content (AvgIpc) is 2.02. The molecule has 0 rings (SSSR count). The summed E-state index contributed by atoms with van der Waals surface area (Å²) in [6.07, 6.45) is 1.42. The molecular weight excluding hydrogens is 162 g/mol. The molecule has 6 nitrogen and oxygen atoms in total. The Morgan fingerprint density at radius 1 is 1.58 bits per heavy atom. The molecule has 0 aliphatic rings. The van der Waals surface area contributed by atoms with Gasteiger partial charge in [0.15, 0.2) is 0 Å². The zero-order valence-electron chi connectivity index (χ0n) is 6.64. The van der Waals surface area contributed by atoms with Crippen molar-refractivity contribution >= 4 is 5.97 Å². The molecule has 0 spiro atoms. The third kappa shape index (κ3) is 8.74. The van der Waals surface area contributed by atoms with Gasteiger partial charge in [-0.3, -0.25) is 4.79 Å². The van der Waals surface area contributed by atoms with Crippen LogP contribution in [0.1, 0.15) is 19.3 Å². The quantitative estimate of drug-likeness (QED) is 0.273. The molecule has 6 heteroatoms. The lowest BCUT2D eigenvalue weighted by atomic mass is 10.2. The minimum Gasteiger partial charge on any atom is -0.481 e. The van der Waals surface area contributed by atoms with Crippen molar-refractivity contribution in [2.24, 2.45) is 5.11 Å². The molecule has 0 aromatic heterocycles. The lowest BCUT2D eigenvalue weighted by Gasteiger charge is -1.97. The Labute approximate surface area is 69.8 Å². The lowest BCUT2D eigenvalue weighted by Crippen LogP contribution is -1.98. The number of hydrogen-bond acceptors (Lipinski definition) is 3. The largest absolute Gasteiger partial charge is 0.481 e. The van der Waals surface area contributed by atoms with E-state index in [0.717, 1.165) is 0 Å². The van der Waals surface area contributed by atoms with Crippen LogP contribution in [0.25, 0.3) is 10.4 Å². The van der Waals surface area contributed by atoms with Crippen LogP contribution >= 0.6 is 0 Å². The number of carbonyl (C=O) groups is 1. The monoisotopic (exact) mass is 173 g/mol. The van der Waals surface area contributed by atoms with Gasteiger partial charge in [-0.1, -0.05) is 5.11 Å². The summed E-state index contributed by atoms with van der Waals surface area (Å²) in [4.78, 5) is 12.5. The summed E-state index contributed by atoms with van der Waals surface area (Å²) in [5.41, 5.74) is 7.84. The molecule has 0 amide bonds. The van der Waals surface area contributed by atoms with Gasteiger partial charge in [-0.2, -0.15) is 0 Å². The van der Waals surface area contributed by atoms with Crippen LogP contribution in [-0.4, -0.2) is 24.4 Å². The molecule has 0 unspecified atom stereocenters. The normalized spacial score (nSPS) is 9.00. The first-order valence-electron chi connectivity index (χ1n) is 3.57. The second kappa shape index (κ2) is 7.84. The number of ether oxygens (including phenoxy) is 1. The molecule has 0 fully saturated rings. The van der Waals surface area contributed by atoms with Crippen LogP contribution in [0.2, 0.25) is 0 Å². The Morgan fingerprint density at radius 3 is 2.92 bits per heavy atom. The highest BCUT2D eigenvalue weighted by molar-refractivity contribution is 5.66. The fraction of sp³-hybridized carbons (Fsp3) is 0.833. The number of carboxylic acid groups (broad SMARTS) is 1. The minimum absolute atomic E-state index is 0.0174. The maximum atomic E-state index is 10.0. The van der Waals surface area contributed by atoms with Gasteiger partial charge in [0.25, 0.3) is 0 Å². The van der Waals surface area contributed by atoms with Gasteiger partial charge < -0.3 is 9.84 Å². The smallest absolute Gasteiger partial charge is 0.303 e. The van der Waals surface area contributed by atoms with Crippen molar-refractivity contribution in [3.8, 4) is 0 Å². The molecule has 0 radical (unpaired) electrons. The van der Waals surface area contributed by atoms with E-state index in [4.69, 9.17) is 15.4 Å². The van der Waals surface area contributed by atoms with Gasteiger partial charge in [0.05, 0.1) is 0 Å². The predicted molar refractivity (Wildman–Crippen MR) is 41.5 cm³/mol. The topological polar surface area (TPSA) is 95.3 Å². The van der Waals surface area contributed by atoms with Crippen LogP contribution in [0.3, 0.4) is 0 Å². The van der Waals surface area contributed by atoms with E-state index in [1.54, 1.807) is 0 Å². The fourth-order valence-corrected chi connectivity index (χ4v) is 0.612. The highest BCUT2D eigenvalue weighted by Crippen LogP contribution is 1.95. The summed E-state index contributed by atoms with van der Waals surface area (Å²) in [6, 6.07) is 0. The van der Waals surface area contributed by atoms with Crippen molar-refractivity contribution in [2.75, 3.05) is 13.3 Å². The summed E-state index contributed by atoms with van der Waals surface area (Å²) in [5, 5.41) is 11.4. The highest BCUT2D eigenvalue weighted by Gasteiger charge is 1.95. The van der Waals surface area contributed by atoms with Crippen molar-refractivity contribution in [3.05, 3.63) is 10.4 Å². The van der Waals surface area contributed by atoms with Crippen LogP contribution in [0.5, 0.6) is 0 Å². The van der Waals surface area contributed by atoms with Crippen LogP contribution in [0.4, 0.5) is 0 Å². The van der Waals surface area contributed by atoms with Gasteiger partial charge in [0.1, 0.15) is 6.73 Å². The van der Waals surface area contributed by atoms with Gasteiger partial charge >= 0.3 is 5.97 Å². The lowest BCUT2D eigenvalue weighted by molar-refractivity contribution is -0.137. The fourth-order valence-electron chi connectivity index (χ4n) is 0.612. The Morgan fingerprint density at radius 2 is 2.33 bits per heavy atom. The van der Waals surface area contributed by atoms with Crippen LogP contribution < -0.4 is 0 Å². The summed E-state index contributed by atoms with van der Waals surface area (Å²) < 4.78 is 4.84. The second-order valence-corrected chi connectivity index (χ2v) is 2.12. The first kappa shape index (κ1) is 10.7.